The molecule has 3 nitrogen and oxygen atoms in total. The van der Waals surface area contributed by atoms with Gasteiger partial charge in [-0.25, -0.2) is 8.42 Å². The molecule has 0 aliphatic heterocycles. The maximum absolute atomic E-state index is 11.2. The quantitative estimate of drug-likeness (QED) is 0.920. The third kappa shape index (κ3) is 3.28. The highest BCUT2D eigenvalue weighted by Gasteiger charge is 2.15. The minimum atomic E-state index is -2.89. The number of rotatable bonds is 5. The molecule has 0 fully saturated rings. The van der Waals surface area contributed by atoms with Gasteiger partial charge in [-0.3, -0.25) is 0 Å². The molecule has 94 valence electrons. The molecule has 0 aliphatic carbocycles. The van der Waals surface area contributed by atoms with E-state index in [1.807, 2.05) is 7.05 Å². The van der Waals surface area contributed by atoms with E-state index in [9.17, 15) is 8.42 Å². The Morgan fingerprint density at radius 1 is 1.41 bits per heavy atom. The van der Waals surface area contributed by atoms with Gasteiger partial charge in [-0.1, -0.05) is 0 Å². The minimum absolute atomic E-state index is 0.134. The Hall–Kier alpha value is -0.430. The van der Waals surface area contributed by atoms with Gasteiger partial charge in [0, 0.05) is 26.6 Å². The second kappa shape index (κ2) is 5.06. The predicted octanol–water partition coefficient (Wildman–Crippen LogP) is 2.66. The Morgan fingerprint density at radius 2 is 2.18 bits per heavy atom. The largest absolute Gasteiger partial charge is 0.312 e. The molecular weight excluding hydrogens is 274 g/mol. The molecule has 6 heteroatoms. The number of hydrogen-bond donors (Lipinski definition) is 1. The molecule has 1 N–H and O–H groups in total. The van der Waals surface area contributed by atoms with E-state index < -0.39 is 9.84 Å². The molecule has 0 aliphatic rings. The lowest BCUT2D eigenvalue weighted by Crippen LogP contribution is -2.18. The molecule has 0 spiro atoms. The van der Waals surface area contributed by atoms with Crippen molar-refractivity contribution in [3.8, 4) is 0 Å². The van der Waals surface area contributed by atoms with Crippen LogP contribution in [0, 0.1) is 0 Å². The van der Waals surface area contributed by atoms with Crippen LogP contribution >= 0.6 is 22.7 Å². The second-order valence-electron chi connectivity index (χ2n) is 4.06. The van der Waals surface area contributed by atoms with Crippen LogP contribution in [0.25, 0.3) is 9.40 Å². The van der Waals surface area contributed by atoms with E-state index >= 15 is 0 Å². The Labute approximate surface area is 109 Å². The first-order valence-corrected chi connectivity index (χ1v) is 9.07. The van der Waals surface area contributed by atoms with Crippen LogP contribution < -0.4 is 5.32 Å². The van der Waals surface area contributed by atoms with Crippen LogP contribution in [-0.2, 0) is 9.84 Å². The Kier molecular flexibility index (Phi) is 3.87. The fraction of sp³-hybridized carbons (Fsp3) is 0.455. The van der Waals surface area contributed by atoms with Crippen molar-refractivity contribution in [2.45, 2.75) is 12.5 Å². The third-order valence-electron chi connectivity index (χ3n) is 2.63. The highest BCUT2D eigenvalue weighted by atomic mass is 32.2. The Balaban J connectivity index is 2.15. The summed E-state index contributed by atoms with van der Waals surface area (Å²) < 4.78 is 24.9. The van der Waals surface area contributed by atoms with E-state index in [2.05, 4.69) is 22.8 Å². The van der Waals surface area contributed by atoms with E-state index in [1.54, 1.807) is 22.7 Å². The van der Waals surface area contributed by atoms with Crippen LogP contribution in [-0.4, -0.2) is 27.5 Å². The molecule has 0 amide bonds. The van der Waals surface area contributed by atoms with Crippen LogP contribution in [0.4, 0.5) is 0 Å². The van der Waals surface area contributed by atoms with E-state index in [-0.39, 0.29) is 11.8 Å². The summed E-state index contributed by atoms with van der Waals surface area (Å²) in [6, 6.07) is 4.40. The van der Waals surface area contributed by atoms with Crippen LogP contribution in [0.5, 0.6) is 0 Å². The number of thiophene rings is 2. The Bertz CT molecular complexity index is 569. The number of sulfone groups is 1. The zero-order valence-electron chi connectivity index (χ0n) is 9.76. The van der Waals surface area contributed by atoms with Gasteiger partial charge in [0.25, 0.3) is 0 Å². The van der Waals surface area contributed by atoms with E-state index in [0.29, 0.717) is 6.42 Å². The zero-order chi connectivity index (χ0) is 12.5. The highest BCUT2D eigenvalue weighted by molar-refractivity contribution is 7.90. The first-order valence-electron chi connectivity index (χ1n) is 5.31. The summed E-state index contributed by atoms with van der Waals surface area (Å²) in [6.45, 7) is 0. The van der Waals surface area contributed by atoms with Crippen molar-refractivity contribution < 1.29 is 8.42 Å². The summed E-state index contributed by atoms with van der Waals surface area (Å²) >= 11 is 3.46. The lowest BCUT2D eigenvalue weighted by molar-refractivity contribution is 0.565. The molecule has 1 unspecified atom stereocenters. The monoisotopic (exact) mass is 289 g/mol. The first kappa shape index (κ1) is 13.0. The van der Waals surface area contributed by atoms with E-state index in [0.717, 1.165) is 0 Å². The summed E-state index contributed by atoms with van der Waals surface area (Å²) in [7, 11) is -1.01. The first-order chi connectivity index (χ1) is 7.99. The van der Waals surface area contributed by atoms with Gasteiger partial charge in [0.2, 0.25) is 0 Å². The summed E-state index contributed by atoms with van der Waals surface area (Å²) in [5.41, 5.74) is 0. The lowest BCUT2D eigenvalue weighted by atomic mass is 10.2. The maximum Gasteiger partial charge on any atom is 0.147 e. The molecular formula is C11H15NO2S3. The van der Waals surface area contributed by atoms with Gasteiger partial charge in [-0.05, 0) is 31.0 Å². The van der Waals surface area contributed by atoms with Gasteiger partial charge in [-0.2, -0.15) is 0 Å². The molecule has 2 aromatic heterocycles. The van der Waals surface area contributed by atoms with E-state index in [4.69, 9.17) is 0 Å². The van der Waals surface area contributed by atoms with Gasteiger partial charge in [0.15, 0.2) is 0 Å². The van der Waals surface area contributed by atoms with Crippen LogP contribution in [0.1, 0.15) is 17.3 Å². The molecule has 2 rings (SSSR count). The molecule has 0 radical (unpaired) electrons. The standard InChI is InChI=1S/C11H15NO2S3/c1-12-8(4-6-17(2,13)14)10-7-11-9(16-10)3-5-15-11/h3,5,7-8,12H,4,6H2,1-2H3. The maximum atomic E-state index is 11.2. The lowest BCUT2D eigenvalue weighted by Gasteiger charge is -2.13. The molecule has 0 saturated carbocycles. The third-order valence-corrected chi connectivity index (χ3v) is 5.81. The fourth-order valence-corrected chi connectivity index (χ4v) is 4.65. The number of fused-ring (bicyclic) bond motifs is 1. The van der Waals surface area contributed by atoms with E-state index in [1.165, 1.54) is 20.5 Å². The van der Waals surface area contributed by atoms with Gasteiger partial charge < -0.3 is 5.32 Å². The molecule has 2 aromatic rings. The van der Waals surface area contributed by atoms with Gasteiger partial charge in [0.05, 0.1) is 5.75 Å². The van der Waals surface area contributed by atoms with Gasteiger partial charge in [-0.15, -0.1) is 22.7 Å². The Morgan fingerprint density at radius 3 is 2.76 bits per heavy atom. The second-order valence-corrected chi connectivity index (χ2v) is 8.38. The summed E-state index contributed by atoms with van der Waals surface area (Å²) in [5.74, 6) is 0.226. The van der Waals surface area contributed by atoms with Gasteiger partial charge in [0.1, 0.15) is 9.84 Å². The van der Waals surface area contributed by atoms with Crippen molar-refractivity contribution in [2.24, 2.45) is 0 Å². The van der Waals surface area contributed by atoms with Crippen LogP contribution in [0.3, 0.4) is 0 Å². The summed E-state index contributed by atoms with van der Waals surface area (Å²) in [5, 5.41) is 5.27. The van der Waals surface area contributed by atoms with Crippen molar-refractivity contribution in [1.29, 1.82) is 0 Å². The van der Waals surface area contributed by atoms with Crippen molar-refractivity contribution in [3.05, 3.63) is 22.4 Å². The van der Waals surface area contributed by atoms with Crippen LogP contribution in [0.2, 0.25) is 0 Å². The number of hydrogen-bond acceptors (Lipinski definition) is 5. The molecule has 17 heavy (non-hydrogen) atoms. The average Bonchev–Trinajstić information content (AvgIpc) is 2.76. The van der Waals surface area contributed by atoms with Crippen molar-refractivity contribution in [1.82, 2.24) is 5.32 Å². The van der Waals surface area contributed by atoms with Crippen molar-refractivity contribution >= 4 is 41.9 Å². The smallest absolute Gasteiger partial charge is 0.147 e. The topological polar surface area (TPSA) is 46.2 Å². The fourth-order valence-electron chi connectivity index (χ4n) is 1.72. The zero-order valence-corrected chi connectivity index (χ0v) is 12.2. The summed E-state index contributed by atoms with van der Waals surface area (Å²) in [6.07, 6.45) is 1.91. The molecule has 0 aromatic carbocycles. The van der Waals surface area contributed by atoms with Gasteiger partial charge >= 0.3 is 0 Å². The predicted molar refractivity (Wildman–Crippen MR) is 75.8 cm³/mol. The summed E-state index contributed by atoms with van der Waals surface area (Å²) in [4.78, 5) is 1.22. The number of nitrogens with one attached hydrogen (secondary N) is 1. The molecule has 1 atom stereocenters. The molecule has 2 heterocycles. The molecule has 0 bridgehead atoms. The van der Waals surface area contributed by atoms with Crippen LogP contribution in [0.15, 0.2) is 17.5 Å². The molecule has 0 saturated heterocycles. The average molecular weight is 289 g/mol. The normalized spacial score (nSPS) is 14.2. The van der Waals surface area contributed by atoms with Crippen molar-refractivity contribution in [2.75, 3.05) is 19.1 Å². The van der Waals surface area contributed by atoms with Crippen molar-refractivity contribution in [3.63, 3.8) is 0 Å². The highest BCUT2D eigenvalue weighted by Crippen LogP contribution is 2.34. The SMILES string of the molecule is CNC(CCS(C)(=O)=O)c1cc2sccc2s1. The minimum Gasteiger partial charge on any atom is -0.312 e.